The maximum atomic E-state index is 12.6. The van der Waals surface area contributed by atoms with Gasteiger partial charge in [0.05, 0.1) is 41.0 Å². The highest BCUT2D eigenvalue weighted by molar-refractivity contribution is 6.02. The van der Waals surface area contributed by atoms with Crippen molar-refractivity contribution in [1.82, 2.24) is 19.7 Å². The lowest BCUT2D eigenvalue weighted by Gasteiger charge is -2.03. The minimum atomic E-state index is -0.680. The zero-order valence-corrected chi connectivity index (χ0v) is 12.8. The number of benzene rings is 1. The van der Waals surface area contributed by atoms with Crippen molar-refractivity contribution in [3.8, 4) is 6.07 Å². The summed E-state index contributed by atoms with van der Waals surface area (Å²) in [6, 6.07) is 9.11. The monoisotopic (exact) mass is 321 g/mol. The molecule has 1 aromatic carbocycles. The molecule has 0 unspecified atom stereocenters. The molecule has 0 saturated carbocycles. The number of rotatable bonds is 3. The number of imidazole rings is 1. The van der Waals surface area contributed by atoms with E-state index in [0.29, 0.717) is 17.7 Å². The Morgan fingerprint density at radius 2 is 2.17 bits per heavy atom. The van der Waals surface area contributed by atoms with E-state index in [-0.39, 0.29) is 5.76 Å². The lowest BCUT2D eigenvalue weighted by Crippen LogP contribution is -1.99. The summed E-state index contributed by atoms with van der Waals surface area (Å²) in [4.78, 5) is 8.99. The van der Waals surface area contributed by atoms with Crippen molar-refractivity contribution >= 4 is 21.9 Å². The summed E-state index contributed by atoms with van der Waals surface area (Å²) in [5, 5.41) is 13.9. The van der Waals surface area contributed by atoms with Crippen molar-refractivity contribution in [2.24, 2.45) is 7.05 Å². The molecule has 4 rings (SSSR count). The Morgan fingerprint density at radius 1 is 1.29 bits per heavy atom. The van der Waals surface area contributed by atoms with Crippen molar-refractivity contribution in [1.29, 1.82) is 5.26 Å². The van der Waals surface area contributed by atoms with Gasteiger partial charge in [0, 0.05) is 18.5 Å². The van der Waals surface area contributed by atoms with Crippen LogP contribution in [0.4, 0.5) is 4.39 Å². The molecule has 0 aliphatic rings. The third-order valence-corrected chi connectivity index (χ3v) is 4.00. The number of alkyl halides is 1. The zero-order valence-electron chi connectivity index (χ0n) is 12.8. The molecule has 3 aromatic heterocycles. The molecule has 7 heteroatoms. The first-order chi connectivity index (χ1) is 11.7. The summed E-state index contributed by atoms with van der Waals surface area (Å²) in [5.74, 6) is 0.968. The molecule has 0 fully saturated rings. The SMILES string of the molecule is Cn1c(Cc2cc(CF)on2)nc2cnc3ccc(C#N)cc3c21. The van der Waals surface area contributed by atoms with Crippen LogP contribution >= 0.6 is 0 Å². The molecular weight excluding hydrogens is 309 g/mol. The lowest BCUT2D eigenvalue weighted by molar-refractivity contribution is 0.327. The minimum absolute atomic E-state index is 0.203. The predicted octanol–water partition coefficient (Wildman–Crippen LogP) is 3.04. The van der Waals surface area contributed by atoms with Gasteiger partial charge in [-0.05, 0) is 18.2 Å². The van der Waals surface area contributed by atoms with E-state index >= 15 is 0 Å². The van der Waals surface area contributed by atoms with Crippen molar-refractivity contribution in [3.63, 3.8) is 0 Å². The van der Waals surface area contributed by atoms with Crippen LogP contribution in [0.3, 0.4) is 0 Å². The second-order valence-corrected chi connectivity index (χ2v) is 5.52. The molecular formula is C17H12FN5O. The van der Waals surface area contributed by atoms with E-state index in [1.807, 2.05) is 23.7 Å². The third-order valence-electron chi connectivity index (χ3n) is 4.00. The summed E-state index contributed by atoms with van der Waals surface area (Å²) >= 11 is 0. The number of hydrogen-bond donors (Lipinski definition) is 0. The molecule has 0 N–H and O–H groups in total. The van der Waals surface area contributed by atoms with E-state index < -0.39 is 6.67 Å². The van der Waals surface area contributed by atoms with E-state index in [9.17, 15) is 4.39 Å². The lowest BCUT2D eigenvalue weighted by atomic mass is 10.1. The number of aryl methyl sites for hydroxylation is 1. The number of hydrogen-bond acceptors (Lipinski definition) is 5. The summed E-state index contributed by atoms with van der Waals surface area (Å²) in [6.07, 6.45) is 2.14. The number of pyridine rings is 1. The highest BCUT2D eigenvalue weighted by Crippen LogP contribution is 2.25. The number of fused-ring (bicyclic) bond motifs is 3. The van der Waals surface area contributed by atoms with Gasteiger partial charge in [0.2, 0.25) is 0 Å². The Labute approximate surface area is 136 Å². The Hall–Kier alpha value is -3.27. The van der Waals surface area contributed by atoms with Crippen LogP contribution in [0, 0.1) is 11.3 Å². The molecule has 3 heterocycles. The molecule has 6 nitrogen and oxygen atoms in total. The Balaban J connectivity index is 1.87. The maximum absolute atomic E-state index is 12.6. The van der Waals surface area contributed by atoms with Crippen LogP contribution in [0.25, 0.3) is 21.9 Å². The molecule has 0 saturated heterocycles. The summed E-state index contributed by atoms with van der Waals surface area (Å²) in [7, 11) is 1.90. The van der Waals surface area contributed by atoms with E-state index in [0.717, 1.165) is 27.8 Å². The largest absolute Gasteiger partial charge is 0.358 e. The first-order valence-corrected chi connectivity index (χ1v) is 7.34. The van der Waals surface area contributed by atoms with Crippen LogP contribution in [0.1, 0.15) is 22.8 Å². The van der Waals surface area contributed by atoms with E-state index in [4.69, 9.17) is 9.78 Å². The van der Waals surface area contributed by atoms with Gasteiger partial charge < -0.3 is 9.09 Å². The van der Waals surface area contributed by atoms with Gasteiger partial charge in [-0.25, -0.2) is 9.37 Å². The van der Waals surface area contributed by atoms with Crippen LogP contribution in [0.2, 0.25) is 0 Å². The average Bonchev–Trinajstić information content (AvgIpc) is 3.19. The Kier molecular flexibility index (Phi) is 3.24. The molecule has 24 heavy (non-hydrogen) atoms. The molecule has 0 aliphatic heterocycles. The number of nitrogens with zero attached hydrogens (tertiary/aromatic N) is 5. The molecule has 0 radical (unpaired) electrons. The van der Waals surface area contributed by atoms with Gasteiger partial charge in [-0.3, -0.25) is 4.98 Å². The Morgan fingerprint density at radius 3 is 2.92 bits per heavy atom. The topological polar surface area (TPSA) is 80.5 Å². The van der Waals surface area contributed by atoms with Crippen LogP contribution in [-0.2, 0) is 20.1 Å². The van der Waals surface area contributed by atoms with Crippen LogP contribution < -0.4 is 0 Å². The first kappa shape index (κ1) is 14.3. The summed E-state index contributed by atoms with van der Waals surface area (Å²) in [5.41, 5.74) is 3.64. The minimum Gasteiger partial charge on any atom is -0.358 e. The van der Waals surface area contributed by atoms with Gasteiger partial charge in [0.15, 0.2) is 5.76 Å². The molecule has 0 atom stereocenters. The fraction of sp³-hybridized carbons (Fsp3) is 0.176. The van der Waals surface area contributed by atoms with Crippen molar-refractivity contribution in [2.75, 3.05) is 0 Å². The maximum Gasteiger partial charge on any atom is 0.167 e. The van der Waals surface area contributed by atoms with Crippen LogP contribution in [0.15, 0.2) is 35.0 Å². The third kappa shape index (κ3) is 2.20. The van der Waals surface area contributed by atoms with Gasteiger partial charge in [-0.15, -0.1) is 0 Å². The normalized spacial score (nSPS) is 11.2. The summed E-state index contributed by atoms with van der Waals surface area (Å²) < 4.78 is 19.4. The zero-order chi connectivity index (χ0) is 16.7. The second kappa shape index (κ2) is 5.42. The standard InChI is InChI=1S/C17H12FN5O/c1-23-16(6-11-5-12(7-18)24-22-11)21-15-9-20-14-3-2-10(8-19)4-13(14)17(15)23/h2-5,9H,6-7H2,1H3. The van der Waals surface area contributed by atoms with Gasteiger partial charge in [0.1, 0.15) is 18.0 Å². The molecule has 118 valence electrons. The Bertz CT molecular complexity index is 1110. The van der Waals surface area contributed by atoms with Gasteiger partial charge >= 0.3 is 0 Å². The first-order valence-electron chi connectivity index (χ1n) is 7.34. The molecule has 0 spiro atoms. The van der Waals surface area contributed by atoms with E-state index in [1.165, 1.54) is 0 Å². The van der Waals surface area contributed by atoms with E-state index in [1.54, 1.807) is 18.3 Å². The summed E-state index contributed by atoms with van der Waals surface area (Å²) in [6.45, 7) is -0.680. The fourth-order valence-electron chi connectivity index (χ4n) is 2.84. The number of halogens is 1. The van der Waals surface area contributed by atoms with Crippen molar-refractivity contribution in [2.45, 2.75) is 13.1 Å². The van der Waals surface area contributed by atoms with Crippen molar-refractivity contribution < 1.29 is 8.91 Å². The molecule has 0 amide bonds. The van der Waals surface area contributed by atoms with E-state index in [2.05, 4.69) is 21.2 Å². The fourth-order valence-corrected chi connectivity index (χ4v) is 2.84. The second-order valence-electron chi connectivity index (χ2n) is 5.52. The predicted molar refractivity (Wildman–Crippen MR) is 84.9 cm³/mol. The highest BCUT2D eigenvalue weighted by atomic mass is 19.1. The van der Waals surface area contributed by atoms with Gasteiger partial charge in [0.25, 0.3) is 0 Å². The highest BCUT2D eigenvalue weighted by Gasteiger charge is 2.14. The smallest absolute Gasteiger partial charge is 0.167 e. The average molecular weight is 321 g/mol. The number of nitriles is 1. The van der Waals surface area contributed by atoms with Gasteiger partial charge in [-0.1, -0.05) is 5.16 Å². The molecule has 0 bridgehead atoms. The van der Waals surface area contributed by atoms with Crippen LogP contribution in [-0.4, -0.2) is 19.7 Å². The molecule has 4 aromatic rings. The molecule has 0 aliphatic carbocycles. The van der Waals surface area contributed by atoms with Gasteiger partial charge in [-0.2, -0.15) is 5.26 Å². The number of aromatic nitrogens is 4. The van der Waals surface area contributed by atoms with Crippen LogP contribution in [0.5, 0.6) is 0 Å². The quantitative estimate of drug-likeness (QED) is 0.579. The van der Waals surface area contributed by atoms with Crippen molar-refractivity contribution in [3.05, 3.63) is 53.3 Å².